The zero-order chi connectivity index (χ0) is 32.3. The molecule has 0 amide bonds. The van der Waals surface area contributed by atoms with Crippen molar-refractivity contribution >= 4 is 49.8 Å². The molecule has 0 N–H and O–H groups in total. The Balaban J connectivity index is 1.23. The molecule has 0 unspecified atom stereocenters. The second kappa shape index (κ2) is 10.9. The molecule has 230 valence electrons. The molecule has 0 spiro atoms. The van der Waals surface area contributed by atoms with Gasteiger partial charge in [0.25, 0.3) is 0 Å². The highest BCUT2D eigenvalue weighted by Gasteiger charge is 2.32. The Hall–Kier alpha value is -6.72. The van der Waals surface area contributed by atoms with Crippen LogP contribution in [0.15, 0.2) is 168 Å². The van der Waals surface area contributed by atoms with Gasteiger partial charge in [-0.2, -0.15) is 0 Å². The third-order valence-electron chi connectivity index (χ3n) is 9.24. The number of rotatable bonds is 4. The molecule has 0 aliphatic carbocycles. The lowest BCUT2D eigenvalue weighted by Crippen LogP contribution is -2.16. The van der Waals surface area contributed by atoms with Crippen molar-refractivity contribution in [2.45, 2.75) is 0 Å². The summed E-state index contributed by atoms with van der Waals surface area (Å²) >= 11 is 0. The summed E-state index contributed by atoms with van der Waals surface area (Å²) in [6.45, 7) is 0. The van der Waals surface area contributed by atoms with E-state index in [0.717, 1.165) is 89.4 Å². The van der Waals surface area contributed by atoms with Gasteiger partial charge in [-0.05, 0) is 41.8 Å². The van der Waals surface area contributed by atoms with Gasteiger partial charge in [-0.3, -0.25) is 0 Å². The lowest BCUT2D eigenvalue weighted by atomic mass is 9.99. The van der Waals surface area contributed by atoms with Crippen molar-refractivity contribution in [3.63, 3.8) is 0 Å². The van der Waals surface area contributed by atoms with Gasteiger partial charge in [0.05, 0.1) is 17.1 Å². The first-order valence-electron chi connectivity index (χ1n) is 16.3. The normalized spacial score (nSPS) is 12.2. The van der Waals surface area contributed by atoms with Crippen LogP contribution in [0.1, 0.15) is 0 Å². The van der Waals surface area contributed by atoms with Gasteiger partial charge in [-0.15, -0.1) is 0 Å². The topological polar surface area (TPSA) is 51.4 Å². The molecule has 9 aromatic rings. The average Bonchev–Trinajstić information content (AvgIpc) is 3.58. The Bertz CT molecular complexity index is 2640. The lowest BCUT2D eigenvalue weighted by Gasteiger charge is -2.33. The van der Waals surface area contributed by atoms with E-state index >= 15 is 0 Å². The Morgan fingerprint density at radius 2 is 1.10 bits per heavy atom. The molecule has 3 heterocycles. The predicted molar refractivity (Wildman–Crippen MR) is 198 cm³/mol. The van der Waals surface area contributed by atoms with Crippen LogP contribution in [0.25, 0.3) is 66.6 Å². The smallest absolute Gasteiger partial charge is 0.163 e. The summed E-state index contributed by atoms with van der Waals surface area (Å²) in [6, 6.07) is 55.8. The molecule has 0 saturated heterocycles. The maximum Gasteiger partial charge on any atom is 0.163 e. The Morgan fingerprint density at radius 3 is 1.86 bits per heavy atom. The van der Waals surface area contributed by atoms with E-state index in [1.165, 1.54) is 0 Å². The molecular formula is C44H27N3O2. The minimum Gasteiger partial charge on any atom is -0.454 e. The van der Waals surface area contributed by atoms with Gasteiger partial charge >= 0.3 is 0 Å². The molecule has 0 bridgehead atoms. The monoisotopic (exact) mass is 629 g/mol. The van der Waals surface area contributed by atoms with E-state index in [1.54, 1.807) is 0 Å². The summed E-state index contributed by atoms with van der Waals surface area (Å²) in [7, 11) is 0. The van der Waals surface area contributed by atoms with Crippen molar-refractivity contribution < 1.29 is 9.15 Å². The number of ether oxygens (including phenoxy) is 1. The maximum absolute atomic E-state index is 6.76. The minimum atomic E-state index is 0.649. The van der Waals surface area contributed by atoms with E-state index in [9.17, 15) is 0 Å². The standard InChI is InChI=1S/C44H27N3O2/c1-3-14-28(15-4-1)35-27-36(29-16-5-2-6-17-29)46-44(45-35)30-18-13-19-31(26-30)47-37-23-10-12-25-39(37)49-42-33-21-8-7-20-32(33)40-34-22-9-11-24-38(34)48-43(40)41(42)47/h1-27H. The number of aromatic nitrogens is 2. The van der Waals surface area contributed by atoms with Crippen LogP contribution in [0, 0.1) is 0 Å². The zero-order valence-electron chi connectivity index (χ0n) is 26.2. The van der Waals surface area contributed by atoms with Crippen molar-refractivity contribution in [1.82, 2.24) is 9.97 Å². The van der Waals surface area contributed by atoms with E-state index in [2.05, 4.69) is 102 Å². The van der Waals surface area contributed by atoms with Crippen molar-refractivity contribution in [2.24, 2.45) is 0 Å². The third kappa shape index (κ3) is 4.40. The molecule has 7 aromatic carbocycles. The number of hydrogen-bond donors (Lipinski definition) is 0. The number of nitrogens with zero attached hydrogens (tertiary/aromatic N) is 3. The molecule has 1 aliphatic rings. The van der Waals surface area contributed by atoms with Crippen LogP contribution in [0.3, 0.4) is 0 Å². The molecule has 49 heavy (non-hydrogen) atoms. The van der Waals surface area contributed by atoms with Crippen LogP contribution in [0.2, 0.25) is 0 Å². The van der Waals surface area contributed by atoms with Crippen LogP contribution in [0.4, 0.5) is 17.1 Å². The van der Waals surface area contributed by atoms with E-state index in [1.807, 2.05) is 66.7 Å². The second-order valence-electron chi connectivity index (χ2n) is 12.2. The largest absolute Gasteiger partial charge is 0.454 e. The summed E-state index contributed by atoms with van der Waals surface area (Å²) in [5, 5.41) is 4.26. The zero-order valence-corrected chi connectivity index (χ0v) is 26.2. The molecule has 2 aromatic heterocycles. The van der Waals surface area contributed by atoms with Crippen molar-refractivity contribution in [2.75, 3.05) is 4.90 Å². The van der Waals surface area contributed by atoms with Crippen LogP contribution < -0.4 is 9.64 Å². The van der Waals surface area contributed by atoms with E-state index in [0.29, 0.717) is 5.82 Å². The number of hydrogen-bond acceptors (Lipinski definition) is 5. The first kappa shape index (κ1) is 27.4. The molecule has 5 nitrogen and oxygen atoms in total. The summed E-state index contributed by atoms with van der Waals surface area (Å²) in [5.74, 6) is 2.19. The number of benzene rings is 7. The number of para-hydroxylation sites is 3. The first-order valence-corrected chi connectivity index (χ1v) is 16.3. The number of anilines is 3. The number of furan rings is 1. The van der Waals surface area contributed by atoms with E-state index in [-0.39, 0.29) is 0 Å². The molecule has 10 rings (SSSR count). The molecule has 5 heteroatoms. The van der Waals surface area contributed by atoms with Crippen molar-refractivity contribution in [3.05, 3.63) is 164 Å². The highest BCUT2D eigenvalue weighted by molar-refractivity contribution is 6.25. The molecule has 0 radical (unpaired) electrons. The quantitative estimate of drug-likeness (QED) is 0.194. The molecule has 0 saturated carbocycles. The summed E-state index contributed by atoms with van der Waals surface area (Å²) in [5.41, 5.74) is 9.06. The minimum absolute atomic E-state index is 0.649. The first-order chi connectivity index (χ1) is 24.3. The molecule has 0 fully saturated rings. The third-order valence-corrected chi connectivity index (χ3v) is 9.24. The van der Waals surface area contributed by atoms with Crippen molar-refractivity contribution in [3.8, 4) is 45.4 Å². The van der Waals surface area contributed by atoms with Gasteiger partial charge in [-0.1, -0.05) is 127 Å². The molecule has 1 aliphatic heterocycles. The fourth-order valence-electron chi connectivity index (χ4n) is 7.02. The van der Waals surface area contributed by atoms with Gasteiger partial charge in [0.15, 0.2) is 22.9 Å². The average molecular weight is 630 g/mol. The van der Waals surface area contributed by atoms with Gasteiger partial charge in [0.2, 0.25) is 0 Å². The second-order valence-corrected chi connectivity index (χ2v) is 12.2. The SMILES string of the molecule is c1ccc(-c2cc(-c3ccccc3)nc(-c3cccc(N4c5ccccc5Oc5c4c4oc6ccccc6c4c4ccccc54)c3)n2)cc1. The molecular weight excluding hydrogens is 603 g/mol. The van der Waals surface area contributed by atoms with E-state index < -0.39 is 0 Å². The van der Waals surface area contributed by atoms with Crippen LogP contribution in [-0.2, 0) is 0 Å². The van der Waals surface area contributed by atoms with E-state index in [4.69, 9.17) is 19.1 Å². The summed E-state index contributed by atoms with van der Waals surface area (Å²) in [6.07, 6.45) is 0. The Labute approximate surface area is 282 Å². The highest BCUT2D eigenvalue weighted by Crippen LogP contribution is 2.57. The number of fused-ring (bicyclic) bond motifs is 9. The molecule has 0 atom stereocenters. The van der Waals surface area contributed by atoms with Crippen LogP contribution >= 0.6 is 0 Å². The summed E-state index contributed by atoms with van der Waals surface area (Å²) < 4.78 is 13.5. The van der Waals surface area contributed by atoms with Gasteiger partial charge in [0.1, 0.15) is 11.3 Å². The maximum atomic E-state index is 6.76. The Kier molecular flexibility index (Phi) is 6.11. The van der Waals surface area contributed by atoms with Gasteiger partial charge in [0, 0.05) is 38.5 Å². The highest BCUT2D eigenvalue weighted by atomic mass is 16.5. The van der Waals surface area contributed by atoms with Crippen LogP contribution in [-0.4, -0.2) is 9.97 Å². The lowest BCUT2D eigenvalue weighted by molar-refractivity contribution is 0.482. The van der Waals surface area contributed by atoms with Crippen LogP contribution in [0.5, 0.6) is 11.5 Å². The fraction of sp³-hybridized carbons (Fsp3) is 0. The predicted octanol–water partition coefficient (Wildman–Crippen LogP) is 12.1. The van der Waals surface area contributed by atoms with Gasteiger partial charge < -0.3 is 14.1 Å². The van der Waals surface area contributed by atoms with Crippen molar-refractivity contribution in [1.29, 1.82) is 0 Å². The fourth-order valence-corrected chi connectivity index (χ4v) is 7.02. The Morgan fingerprint density at radius 1 is 0.490 bits per heavy atom. The van der Waals surface area contributed by atoms with Gasteiger partial charge in [-0.25, -0.2) is 9.97 Å². The summed E-state index contributed by atoms with van der Waals surface area (Å²) in [4.78, 5) is 12.5.